The third-order valence-corrected chi connectivity index (χ3v) is 6.74. The van der Waals surface area contributed by atoms with Crippen LogP contribution in [0.5, 0.6) is 0 Å². The van der Waals surface area contributed by atoms with E-state index in [4.69, 9.17) is 0 Å². The maximum Gasteiger partial charge on any atom is 0.253 e. The predicted molar refractivity (Wildman–Crippen MR) is 129 cm³/mol. The van der Waals surface area contributed by atoms with Crippen LogP contribution in [0.15, 0.2) is 53.3 Å². The van der Waals surface area contributed by atoms with E-state index >= 15 is 0 Å². The van der Waals surface area contributed by atoms with Crippen LogP contribution < -0.4 is 5.56 Å². The van der Waals surface area contributed by atoms with Gasteiger partial charge in [-0.15, -0.1) is 5.10 Å². The van der Waals surface area contributed by atoms with Crippen molar-refractivity contribution >= 4 is 10.9 Å². The lowest BCUT2D eigenvalue weighted by Gasteiger charge is -2.36. The molecule has 1 fully saturated rings. The van der Waals surface area contributed by atoms with Crippen LogP contribution in [-0.2, 0) is 13.0 Å². The Bertz CT molecular complexity index is 1350. The number of nitrogens with zero attached hydrogens (tertiary/aromatic N) is 5. The number of benzene rings is 2. The first-order chi connectivity index (χ1) is 16.5. The summed E-state index contributed by atoms with van der Waals surface area (Å²) < 4.78 is 15.1. The molecule has 34 heavy (non-hydrogen) atoms. The van der Waals surface area contributed by atoms with Crippen molar-refractivity contribution < 1.29 is 4.39 Å². The van der Waals surface area contributed by atoms with Gasteiger partial charge in [0.2, 0.25) is 0 Å². The SMILES string of the molecule is CCc1ccc2[nH]c(=O)c([C@H](c3nnnn3Cc3ccc(F)cc3)N3CCC[C@H](C)C3)cc2c1. The van der Waals surface area contributed by atoms with E-state index in [1.54, 1.807) is 16.8 Å². The number of aromatic nitrogens is 5. The zero-order chi connectivity index (χ0) is 23.7. The summed E-state index contributed by atoms with van der Waals surface area (Å²) >= 11 is 0. The Balaban J connectivity index is 1.62. The zero-order valence-electron chi connectivity index (χ0n) is 19.5. The van der Waals surface area contributed by atoms with Gasteiger partial charge >= 0.3 is 0 Å². The van der Waals surface area contributed by atoms with Crippen molar-refractivity contribution in [1.82, 2.24) is 30.1 Å². The van der Waals surface area contributed by atoms with Gasteiger partial charge in [0.25, 0.3) is 5.56 Å². The van der Waals surface area contributed by atoms with Gasteiger partial charge in [-0.2, -0.15) is 0 Å². The molecule has 0 amide bonds. The number of piperidine rings is 1. The minimum Gasteiger partial charge on any atom is -0.322 e. The number of pyridine rings is 1. The molecular weight excluding hydrogens is 431 g/mol. The monoisotopic (exact) mass is 460 g/mol. The van der Waals surface area contributed by atoms with Gasteiger partial charge in [0.15, 0.2) is 5.82 Å². The number of fused-ring (bicyclic) bond motifs is 1. The summed E-state index contributed by atoms with van der Waals surface area (Å²) in [7, 11) is 0. The Morgan fingerprint density at radius 2 is 1.94 bits per heavy atom. The molecule has 5 rings (SSSR count). The van der Waals surface area contributed by atoms with Crippen LogP contribution in [0.4, 0.5) is 4.39 Å². The quantitative estimate of drug-likeness (QED) is 0.469. The lowest BCUT2D eigenvalue weighted by Crippen LogP contribution is -2.41. The van der Waals surface area contributed by atoms with Crippen LogP contribution in [0.3, 0.4) is 0 Å². The van der Waals surface area contributed by atoms with Gasteiger partial charge in [0, 0.05) is 17.6 Å². The molecule has 8 heteroatoms. The summed E-state index contributed by atoms with van der Waals surface area (Å²) in [6, 6.07) is 14.1. The maximum absolute atomic E-state index is 13.4. The summed E-state index contributed by atoms with van der Waals surface area (Å²) in [4.78, 5) is 18.8. The van der Waals surface area contributed by atoms with Crippen molar-refractivity contribution in [1.29, 1.82) is 0 Å². The molecule has 0 unspecified atom stereocenters. The minimum atomic E-state index is -0.378. The molecule has 7 nitrogen and oxygen atoms in total. The Morgan fingerprint density at radius 1 is 1.15 bits per heavy atom. The van der Waals surface area contributed by atoms with E-state index < -0.39 is 0 Å². The Hall–Kier alpha value is -3.39. The molecule has 0 saturated carbocycles. The van der Waals surface area contributed by atoms with Gasteiger partial charge in [-0.3, -0.25) is 9.69 Å². The van der Waals surface area contributed by atoms with E-state index in [2.05, 4.69) is 45.3 Å². The normalized spacial score (nSPS) is 17.8. The van der Waals surface area contributed by atoms with Crippen LogP contribution in [-0.4, -0.2) is 43.2 Å². The minimum absolute atomic E-state index is 0.128. The number of nitrogens with one attached hydrogen (secondary N) is 1. The number of hydrogen-bond donors (Lipinski definition) is 1. The third kappa shape index (κ3) is 4.50. The number of H-pyrrole nitrogens is 1. The highest BCUT2D eigenvalue weighted by atomic mass is 19.1. The maximum atomic E-state index is 13.4. The van der Waals surface area contributed by atoms with Crippen molar-refractivity contribution in [2.45, 2.75) is 45.7 Å². The van der Waals surface area contributed by atoms with Crippen molar-refractivity contribution in [2.24, 2.45) is 5.92 Å². The molecule has 176 valence electrons. The van der Waals surface area contributed by atoms with Gasteiger partial charge < -0.3 is 4.98 Å². The summed E-state index contributed by atoms with van der Waals surface area (Å²) in [6.07, 6.45) is 3.15. The number of hydrogen-bond acceptors (Lipinski definition) is 5. The Morgan fingerprint density at radius 3 is 2.71 bits per heavy atom. The van der Waals surface area contributed by atoms with E-state index in [1.165, 1.54) is 17.7 Å². The van der Waals surface area contributed by atoms with Gasteiger partial charge in [0.05, 0.1) is 6.54 Å². The smallest absolute Gasteiger partial charge is 0.253 e. The molecule has 0 radical (unpaired) electrons. The average Bonchev–Trinajstić information content (AvgIpc) is 3.28. The van der Waals surface area contributed by atoms with Gasteiger partial charge in [-0.25, -0.2) is 9.07 Å². The second-order valence-corrected chi connectivity index (χ2v) is 9.30. The van der Waals surface area contributed by atoms with Crippen LogP contribution in [0, 0.1) is 11.7 Å². The summed E-state index contributed by atoms with van der Waals surface area (Å²) in [6.45, 7) is 6.48. The van der Waals surface area contributed by atoms with Crippen molar-refractivity contribution in [3.05, 3.63) is 87.2 Å². The third-order valence-electron chi connectivity index (χ3n) is 6.74. The molecule has 3 heterocycles. The van der Waals surface area contributed by atoms with Gasteiger partial charge in [-0.1, -0.05) is 32.0 Å². The first-order valence-corrected chi connectivity index (χ1v) is 11.9. The molecule has 0 spiro atoms. The second-order valence-electron chi connectivity index (χ2n) is 9.30. The molecule has 4 aromatic rings. The van der Waals surface area contributed by atoms with Crippen molar-refractivity contribution in [3.8, 4) is 0 Å². The zero-order valence-corrected chi connectivity index (χ0v) is 19.5. The molecule has 2 atom stereocenters. The number of aromatic amines is 1. The molecule has 0 aliphatic carbocycles. The lowest BCUT2D eigenvalue weighted by molar-refractivity contribution is 0.141. The Labute approximate surface area is 197 Å². The van der Waals surface area contributed by atoms with Gasteiger partial charge in [-0.05, 0) is 89.0 Å². The number of aryl methyl sites for hydroxylation is 1. The van der Waals surface area contributed by atoms with Gasteiger partial charge in [0.1, 0.15) is 11.9 Å². The molecule has 2 aromatic carbocycles. The highest BCUT2D eigenvalue weighted by Gasteiger charge is 2.32. The number of tetrazole rings is 1. The van der Waals surface area contributed by atoms with Crippen LogP contribution in [0.2, 0.25) is 0 Å². The standard InChI is InChI=1S/C26H29FN6O/c1-3-18-8-11-23-20(13-18)14-22(26(34)28-23)24(32-12-4-5-17(2)15-32)25-29-30-31-33(25)16-19-6-9-21(27)10-7-19/h6-11,13-14,17,24H,3-5,12,15-16H2,1-2H3,(H,28,34)/t17-,24+/m0/s1. The number of likely N-dealkylation sites (tertiary alicyclic amines) is 1. The van der Waals surface area contributed by atoms with Crippen LogP contribution >= 0.6 is 0 Å². The molecule has 2 aromatic heterocycles. The summed E-state index contributed by atoms with van der Waals surface area (Å²) in [5.74, 6) is 0.855. The highest BCUT2D eigenvalue weighted by Crippen LogP contribution is 2.31. The topological polar surface area (TPSA) is 79.7 Å². The van der Waals surface area contributed by atoms with Crippen molar-refractivity contribution in [2.75, 3.05) is 13.1 Å². The molecular formula is C26H29FN6O. The molecule has 1 saturated heterocycles. The molecule has 1 aliphatic rings. The lowest BCUT2D eigenvalue weighted by atomic mass is 9.95. The molecule has 0 bridgehead atoms. The number of rotatable bonds is 6. The van der Waals surface area contributed by atoms with Crippen LogP contribution in [0.1, 0.15) is 55.2 Å². The number of halogens is 1. The van der Waals surface area contributed by atoms with E-state index in [9.17, 15) is 9.18 Å². The fourth-order valence-corrected chi connectivity index (χ4v) is 4.94. The fourth-order valence-electron chi connectivity index (χ4n) is 4.94. The molecule has 1 aliphatic heterocycles. The fraction of sp³-hybridized carbons (Fsp3) is 0.385. The highest BCUT2D eigenvalue weighted by molar-refractivity contribution is 5.80. The first-order valence-electron chi connectivity index (χ1n) is 11.9. The van der Waals surface area contributed by atoms with E-state index in [-0.39, 0.29) is 17.4 Å². The predicted octanol–water partition coefficient (Wildman–Crippen LogP) is 4.09. The van der Waals surface area contributed by atoms with E-state index in [0.717, 1.165) is 48.8 Å². The largest absolute Gasteiger partial charge is 0.322 e. The molecule has 1 N–H and O–H groups in total. The second kappa shape index (κ2) is 9.46. The van der Waals surface area contributed by atoms with E-state index in [1.807, 2.05) is 18.2 Å². The summed E-state index contributed by atoms with van der Waals surface area (Å²) in [5, 5.41) is 13.6. The van der Waals surface area contributed by atoms with Crippen molar-refractivity contribution in [3.63, 3.8) is 0 Å². The van der Waals surface area contributed by atoms with E-state index in [0.29, 0.717) is 23.9 Å². The average molecular weight is 461 g/mol. The first kappa shape index (κ1) is 22.4. The Kier molecular flexibility index (Phi) is 6.24. The van der Waals surface area contributed by atoms with Crippen LogP contribution in [0.25, 0.3) is 10.9 Å². The summed E-state index contributed by atoms with van der Waals surface area (Å²) in [5.41, 5.74) is 3.44.